The molecule has 0 aromatic rings. The van der Waals surface area contributed by atoms with E-state index in [9.17, 15) is 9.59 Å². The molecule has 3 heteroatoms. The second kappa shape index (κ2) is 23.8. The van der Waals surface area contributed by atoms with Crippen LogP contribution in [-0.2, 0) is 9.59 Å². The lowest BCUT2D eigenvalue weighted by Gasteiger charge is -2.14. The highest BCUT2D eigenvalue weighted by atomic mass is 16.4. The largest absolute Gasteiger partial charge is 0.481 e. The zero-order valence-corrected chi connectivity index (χ0v) is 21.1. The van der Waals surface area contributed by atoms with Gasteiger partial charge in [0.2, 0.25) is 0 Å². The number of hydrogen-bond acceptors (Lipinski definition) is 2. The average molecular weight is 439 g/mol. The minimum atomic E-state index is -0.687. The molecule has 0 aliphatic rings. The lowest BCUT2D eigenvalue weighted by Crippen LogP contribution is -2.08. The molecule has 1 N–H and O–H groups in total. The summed E-state index contributed by atoms with van der Waals surface area (Å²) >= 11 is 0. The number of ketones is 1. The fourth-order valence-corrected chi connectivity index (χ4v) is 4.45. The van der Waals surface area contributed by atoms with Crippen LogP contribution in [0.4, 0.5) is 0 Å². The number of carboxylic acid groups (broad SMARTS) is 1. The van der Waals surface area contributed by atoms with Crippen molar-refractivity contribution in [2.24, 2.45) is 5.92 Å². The number of hydrogen-bond donors (Lipinski definition) is 1. The smallest absolute Gasteiger partial charge is 0.303 e. The maximum Gasteiger partial charge on any atom is 0.303 e. The third-order valence-electron chi connectivity index (χ3n) is 6.66. The molecule has 0 aromatic heterocycles. The van der Waals surface area contributed by atoms with E-state index in [1.54, 1.807) is 0 Å². The van der Waals surface area contributed by atoms with E-state index >= 15 is 0 Å². The van der Waals surface area contributed by atoms with Crippen LogP contribution in [0.5, 0.6) is 0 Å². The summed E-state index contributed by atoms with van der Waals surface area (Å²) in [4.78, 5) is 22.8. The van der Waals surface area contributed by atoms with Crippen molar-refractivity contribution in [1.29, 1.82) is 0 Å². The summed E-state index contributed by atoms with van der Waals surface area (Å²) in [5, 5.41) is 8.64. The van der Waals surface area contributed by atoms with Crippen LogP contribution in [0, 0.1) is 5.92 Å². The maximum absolute atomic E-state index is 12.3. The third kappa shape index (κ3) is 23.6. The highest BCUT2D eigenvalue weighted by Crippen LogP contribution is 2.20. The van der Waals surface area contributed by atoms with Crippen molar-refractivity contribution in [3.63, 3.8) is 0 Å². The van der Waals surface area contributed by atoms with Gasteiger partial charge in [-0.1, -0.05) is 129 Å². The number of aliphatic carboxylic acids is 1. The Hall–Kier alpha value is -0.860. The normalized spacial score (nSPS) is 12.2. The van der Waals surface area contributed by atoms with E-state index in [1.807, 2.05) is 0 Å². The topological polar surface area (TPSA) is 54.4 Å². The second-order valence-corrected chi connectivity index (χ2v) is 9.71. The monoisotopic (exact) mass is 438 g/mol. The molecule has 1 unspecified atom stereocenters. The lowest BCUT2D eigenvalue weighted by atomic mass is 9.91. The molecule has 184 valence electrons. The SMILES string of the molecule is CCCCCCCCCCCCCCCC(=O)CC(CC)CCCCCCCC(=O)O. The van der Waals surface area contributed by atoms with Crippen molar-refractivity contribution in [3.8, 4) is 0 Å². The standard InChI is InChI=1S/C28H54O3/c1-3-5-6-7-8-9-10-11-12-13-14-17-20-23-27(29)25-26(4-2)22-19-16-15-18-21-24-28(30)31/h26H,3-25H2,1-2H3,(H,30,31). The summed E-state index contributed by atoms with van der Waals surface area (Å²) in [7, 11) is 0. The van der Waals surface area contributed by atoms with Crippen LogP contribution in [0.15, 0.2) is 0 Å². The molecule has 0 amide bonds. The molecule has 1 atom stereocenters. The van der Waals surface area contributed by atoms with Gasteiger partial charge in [0.05, 0.1) is 0 Å². The summed E-state index contributed by atoms with van der Waals surface area (Å²) in [5.74, 6) is 0.331. The van der Waals surface area contributed by atoms with E-state index < -0.39 is 5.97 Å². The quantitative estimate of drug-likeness (QED) is 0.144. The van der Waals surface area contributed by atoms with Crippen molar-refractivity contribution in [1.82, 2.24) is 0 Å². The van der Waals surface area contributed by atoms with Crippen LogP contribution < -0.4 is 0 Å². The summed E-state index contributed by atoms with van der Waals surface area (Å²) < 4.78 is 0. The van der Waals surface area contributed by atoms with Crippen LogP contribution in [0.2, 0.25) is 0 Å². The molecular weight excluding hydrogens is 384 g/mol. The van der Waals surface area contributed by atoms with Gasteiger partial charge in [0.1, 0.15) is 5.78 Å². The lowest BCUT2D eigenvalue weighted by molar-refractivity contribution is -0.137. The molecule has 0 aliphatic heterocycles. The van der Waals surface area contributed by atoms with Gasteiger partial charge < -0.3 is 5.11 Å². The molecule has 0 heterocycles. The molecule has 0 spiro atoms. The molecule has 0 aromatic carbocycles. The Morgan fingerprint density at radius 1 is 0.581 bits per heavy atom. The minimum Gasteiger partial charge on any atom is -0.481 e. The maximum atomic E-state index is 12.3. The molecule has 0 aliphatic carbocycles. The minimum absolute atomic E-state index is 0.297. The average Bonchev–Trinajstić information content (AvgIpc) is 2.75. The number of carbonyl (C=O) groups is 2. The van der Waals surface area contributed by atoms with E-state index in [1.165, 1.54) is 89.9 Å². The van der Waals surface area contributed by atoms with Crippen molar-refractivity contribution in [2.75, 3.05) is 0 Å². The van der Waals surface area contributed by atoms with Gasteiger partial charge in [0.15, 0.2) is 0 Å². The van der Waals surface area contributed by atoms with Crippen LogP contribution in [-0.4, -0.2) is 16.9 Å². The molecule has 0 bridgehead atoms. The molecule has 0 rings (SSSR count). The van der Waals surface area contributed by atoms with E-state index in [4.69, 9.17) is 5.11 Å². The van der Waals surface area contributed by atoms with E-state index in [0.29, 0.717) is 18.1 Å². The highest BCUT2D eigenvalue weighted by molar-refractivity contribution is 5.78. The highest BCUT2D eigenvalue weighted by Gasteiger charge is 2.11. The predicted octanol–water partition coefficient (Wildman–Crippen LogP) is 9.27. The van der Waals surface area contributed by atoms with Gasteiger partial charge in [0.25, 0.3) is 0 Å². The number of rotatable bonds is 25. The van der Waals surface area contributed by atoms with Gasteiger partial charge in [-0.25, -0.2) is 0 Å². The number of carbonyl (C=O) groups excluding carboxylic acids is 1. The molecule has 31 heavy (non-hydrogen) atoms. The Labute approximate surface area is 194 Å². The Bertz CT molecular complexity index is 405. The van der Waals surface area contributed by atoms with Crippen molar-refractivity contribution < 1.29 is 14.7 Å². The number of Topliss-reactive ketones (excluding diaryl/α,β-unsaturated/α-hetero) is 1. The zero-order chi connectivity index (χ0) is 23.0. The first-order chi connectivity index (χ1) is 15.1. The third-order valence-corrected chi connectivity index (χ3v) is 6.66. The first kappa shape index (κ1) is 30.1. The Kier molecular flexibility index (Phi) is 23.1. The van der Waals surface area contributed by atoms with E-state index in [-0.39, 0.29) is 0 Å². The molecule has 0 saturated heterocycles. The second-order valence-electron chi connectivity index (χ2n) is 9.71. The molecular formula is C28H54O3. The number of unbranched alkanes of at least 4 members (excludes halogenated alkanes) is 16. The van der Waals surface area contributed by atoms with Crippen LogP contribution in [0.1, 0.15) is 162 Å². The molecule has 0 saturated carbocycles. The van der Waals surface area contributed by atoms with Crippen LogP contribution >= 0.6 is 0 Å². The van der Waals surface area contributed by atoms with Crippen LogP contribution in [0.25, 0.3) is 0 Å². The molecule has 0 fully saturated rings. The predicted molar refractivity (Wildman–Crippen MR) is 134 cm³/mol. The van der Waals surface area contributed by atoms with E-state index in [2.05, 4.69) is 13.8 Å². The van der Waals surface area contributed by atoms with Gasteiger partial charge in [-0.05, 0) is 18.8 Å². The van der Waals surface area contributed by atoms with Gasteiger partial charge in [0, 0.05) is 19.3 Å². The van der Waals surface area contributed by atoms with Gasteiger partial charge in [-0.2, -0.15) is 0 Å². The van der Waals surface area contributed by atoms with E-state index in [0.717, 1.165) is 51.4 Å². The molecule has 0 radical (unpaired) electrons. The van der Waals surface area contributed by atoms with Gasteiger partial charge >= 0.3 is 5.97 Å². The molecule has 3 nitrogen and oxygen atoms in total. The number of carboxylic acids is 1. The van der Waals surface area contributed by atoms with Crippen molar-refractivity contribution in [3.05, 3.63) is 0 Å². The fourth-order valence-electron chi connectivity index (χ4n) is 4.45. The summed E-state index contributed by atoms with van der Waals surface area (Å²) in [6.45, 7) is 4.48. The Morgan fingerprint density at radius 2 is 1.00 bits per heavy atom. The Morgan fingerprint density at radius 3 is 1.45 bits per heavy atom. The zero-order valence-electron chi connectivity index (χ0n) is 21.1. The summed E-state index contributed by atoms with van der Waals surface area (Å²) in [5.41, 5.74) is 0. The van der Waals surface area contributed by atoms with Crippen molar-refractivity contribution >= 4 is 11.8 Å². The first-order valence-electron chi connectivity index (χ1n) is 13.8. The first-order valence-corrected chi connectivity index (χ1v) is 13.8. The fraction of sp³-hybridized carbons (Fsp3) is 0.929. The van der Waals surface area contributed by atoms with Crippen LogP contribution in [0.3, 0.4) is 0 Å². The van der Waals surface area contributed by atoms with Crippen molar-refractivity contribution in [2.45, 2.75) is 162 Å². The summed E-state index contributed by atoms with van der Waals surface area (Å²) in [6, 6.07) is 0. The summed E-state index contributed by atoms with van der Waals surface area (Å²) in [6.07, 6.45) is 26.9. The Balaban J connectivity index is 3.45. The van der Waals surface area contributed by atoms with Gasteiger partial charge in [-0.3, -0.25) is 9.59 Å². The van der Waals surface area contributed by atoms with Gasteiger partial charge in [-0.15, -0.1) is 0 Å².